The molecule has 8 nitrogen and oxygen atoms in total. The molecule has 1 saturated heterocycles. The van der Waals surface area contributed by atoms with Crippen LogP contribution in [0.3, 0.4) is 0 Å². The van der Waals surface area contributed by atoms with Crippen LogP contribution < -0.4 is 19.7 Å². The third-order valence-corrected chi connectivity index (χ3v) is 5.94. The van der Waals surface area contributed by atoms with E-state index < -0.39 is 5.97 Å². The molecule has 3 N–H and O–H groups in total. The van der Waals surface area contributed by atoms with E-state index in [1.165, 1.54) is 4.90 Å². The van der Waals surface area contributed by atoms with Crippen molar-refractivity contribution in [3.63, 3.8) is 0 Å². The summed E-state index contributed by atoms with van der Waals surface area (Å²) in [5.74, 6) is 2.66. The highest BCUT2D eigenvalue weighted by atomic mass is 32.2. The van der Waals surface area contributed by atoms with Gasteiger partial charge in [-0.1, -0.05) is 0 Å². The number of aromatic nitrogens is 1. The molecule has 0 unspecified atom stereocenters. The van der Waals surface area contributed by atoms with Crippen molar-refractivity contribution in [2.75, 3.05) is 57.3 Å². The van der Waals surface area contributed by atoms with Gasteiger partial charge in [0.15, 0.2) is 11.5 Å². The second-order valence-electron chi connectivity index (χ2n) is 6.76. The van der Waals surface area contributed by atoms with Crippen LogP contribution in [-0.4, -0.2) is 68.8 Å². The number of ether oxygens (including phenoxy) is 3. The molecule has 0 saturated carbocycles. The molecule has 1 aliphatic rings. The average molecular weight is 423 g/mol. The summed E-state index contributed by atoms with van der Waals surface area (Å²) in [6.45, 7) is 4.92. The molecule has 0 atom stereocenters. The minimum absolute atomic E-state index is 0.128. The molecule has 1 aliphatic heterocycles. The Bertz CT molecular complexity index is 877. The van der Waals surface area contributed by atoms with Crippen molar-refractivity contribution < 1.29 is 28.7 Å². The van der Waals surface area contributed by atoms with Gasteiger partial charge in [0.05, 0.1) is 58.1 Å². The lowest BCUT2D eigenvalue weighted by molar-refractivity contribution is -0.895. The number of carbonyl (C=O) groups is 2. The first-order valence-electron chi connectivity index (χ1n) is 9.73. The fourth-order valence-electron chi connectivity index (χ4n) is 3.41. The second kappa shape index (κ2) is 9.89. The number of H-pyrrole nitrogens is 1. The van der Waals surface area contributed by atoms with Gasteiger partial charge in [-0.3, -0.25) is 4.79 Å². The fraction of sp³-hybridized carbons (Fsp3) is 0.500. The van der Waals surface area contributed by atoms with Crippen LogP contribution in [0.15, 0.2) is 12.1 Å². The number of carbonyl (C=O) groups excluding carboxylic acids is 2. The number of rotatable bonds is 8. The maximum absolute atomic E-state index is 12.7. The van der Waals surface area contributed by atoms with Gasteiger partial charge in [-0.05, 0) is 13.0 Å². The Morgan fingerprint density at radius 1 is 1.17 bits per heavy atom. The van der Waals surface area contributed by atoms with E-state index in [1.54, 1.807) is 33.3 Å². The van der Waals surface area contributed by atoms with Crippen LogP contribution in [-0.2, 0) is 9.53 Å². The van der Waals surface area contributed by atoms with Crippen molar-refractivity contribution in [2.45, 2.75) is 13.3 Å². The lowest BCUT2D eigenvalue weighted by Gasteiger charge is -2.22. The van der Waals surface area contributed by atoms with Gasteiger partial charge in [0.1, 0.15) is 5.69 Å². The topological polar surface area (TPSA) is 94.1 Å². The van der Waals surface area contributed by atoms with Gasteiger partial charge < -0.3 is 29.4 Å². The van der Waals surface area contributed by atoms with Crippen LogP contribution in [0, 0.1) is 0 Å². The third-order valence-electron chi connectivity index (χ3n) is 4.95. The Kier molecular flexibility index (Phi) is 7.27. The number of thioether (sulfide) groups is 1. The lowest BCUT2D eigenvalue weighted by Crippen LogP contribution is -3.13. The number of amides is 1. The maximum atomic E-state index is 12.7. The molecule has 2 heterocycles. The zero-order chi connectivity index (χ0) is 20.8. The zero-order valence-corrected chi connectivity index (χ0v) is 17.9. The van der Waals surface area contributed by atoms with E-state index in [1.807, 2.05) is 11.8 Å². The summed E-state index contributed by atoms with van der Waals surface area (Å²) in [5.41, 5.74) is 1.28. The highest BCUT2D eigenvalue weighted by Crippen LogP contribution is 2.37. The molecule has 0 radical (unpaired) electrons. The Balaban J connectivity index is 1.87. The summed E-state index contributed by atoms with van der Waals surface area (Å²) >= 11 is 1.96. The van der Waals surface area contributed by atoms with Crippen LogP contribution in [0.25, 0.3) is 10.9 Å². The summed E-state index contributed by atoms with van der Waals surface area (Å²) in [6.07, 6.45) is 0.391. The molecule has 0 bridgehead atoms. The SMILES string of the molecule is CCOC(=O)c1[nH]c2cc(OC)c(OC)cc2c1NC(=O)CC[NH+]1CCSCC1. The average Bonchev–Trinajstić information content (AvgIpc) is 3.09. The smallest absolute Gasteiger partial charge is 0.356 e. The molecule has 9 heteroatoms. The minimum atomic E-state index is -0.518. The summed E-state index contributed by atoms with van der Waals surface area (Å²) in [4.78, 5) is 29.6. The Morgan fingerprint density at radius 3 is 2.52 bits per heavy atom. The quantitative estimate of drug-likeness (QED) is 0.556. The molecule has 158 valence electrons. The highest BCUT2D eigenvalue weighted by Gasteiger charge is 2.23. The molecule has 1 aromatic carbocycles. The Labute approximate surface area is 174 Å². The summed E-state index contributed by atoms with van der Waals surface area (Å²) in [5, 5.41) is 3.58. The van der Waals surface area contributed by atoms with Gasteiger partial charge in [-0.15, -0.1) is 0 Å². The number of aromatic amines is 1. The van der Waals surface area contributed by atoms with Crippen molar-refractivity contribution in [1.82, 2.24) is 4.98 Å². The molecule has 1 fully saturated rings. The van der Waals surface area contributed by atoms with Crippen LogP contribution >= 0.6 is 11.8 Å². The highest BCUT2D eigenvalue weighted by molar-refractivity contribution is 7.99. The normalized spacial score (nSPS) is 14.6. The largest absolute Gasteiger partial charge is 0.493 e. The fourth-order valence-corrected chi connectivity index (χ4v) is 4.48. The zero-order valence-electron chi connectivity index (χ0n) is 17.1. The summed E-state index contributed by atoms with van der Waals surface area (Å²) < 4.78 is 15.9. The van der Waals surface area contributed by atoms with Gasteiger partial charge in [0.2, 0.25) is 5.91 Å². The molecular weight excluding hydrogens is 394 g/mol. The molecule has 29 heavy (non-hydrogen) atoms. The van der Waals surface area contributed by atoms with Crippen molar-refractivity contribution in [3.05, 3.63) is 17.8 Å². The van der Waals surface area contributed by atoms with Crippen LogP contribution in [0.1, 0.15) is 23.8 Å². The predicted molar refractivity (Wildman–Crippen MR) is 113 cm³/mol. The van der Waals surface area contributed by atoms with Gasteiger partial charge >= 0.3 is 5.97 Å². The van der Waals surface area contributed by atoms with Crippen LogP contribution in [0.2, 0.25) is 0 Å². The molecule has 1 aromatic heterocycles. The molecule has 2 aromatic rings. The number of esters is 1. The number of anilines is 1. The van der Waals surface area contributed by atoms with Crippen molar-refractivity contribution in [2.24, 2.45) is 0 Å². The van der Waals surface area contributed by atoms with Crippen LogP contribution in [0.5, 0.6) is 11.5 Å². The third kappa shape index (κ3) is 4.97. The number of benzene rings is 1. The number of nitrogens with one attached hydrogen (secondary N) is 3. The van der Waals surface area contributed by atoms with Gasteiger partial charge in [-0.2, -0.15) is 11.8 Å². The first-order valence-corrected chi connectivity index (χ1v) is 10.9. The van der Waals surface area contributed by atoms with Crippen molar-refractivity contribution in [1.29, 1.82) is 0 Å². The van der Waals surface area contributed by atoms with Gasteiger partial charge in [-0.25, -0.2) is 4.79 Å². The number of hydrogen-bond acceptors (Lipinski definition) is 6. The minimum Gasteiger partial charge on any atom is -0.493 e. The molecule has 3 rings (SSSR count). The number of quaternary nitrogens is 1. The van der Waals surface area contributed by atoms with Gasteiger partial charge in [0.25, 0.3) is 0 Å². The van der Waals surface area contributed by atoms with E-state index in [-0.39, 0.29) is 18.2 Å². The summed E-state index contributed by atoms with van der Waals surface area (Å²) in [7, 11) is 3.09. The molecule has 0 spiro atoms. The van der Waals surface area contributed by atoms with E-state index >= 15 is 0 Å². The number of methoxy groups -OCH3 is 2. The van der Waals surface area contributed by atoms with E-state index in [2.05, 4.69) is 10.3 Å². The second-order valence-corrected chi connectivity index (χ2v) is 7.98. The first kappa shape index (κ1) is 21.3. The number of fused-ring (bicyclic) bond motifs is 1. The predicted octanol–water partition coefficient (Wildman–Crippen LogP) is 1.32. The van der Waals surface area contributed by atoms with E-state index in [4.69, 9.17) is 14.2 Å². The molecule has 1 amide bonds. The van der Waals surface area contributed by atoms with E-state index in [9.17, 15) is 9.59 Å². The molecule has 0 aliphatic carbocycles. The maximum Gasteiger partial charge on any atom is 0.356 e. The monoisotopic (exact) mass is 422 g/mol. The van der Waals surface area contributed by atoms with E-state index in [0.29, 0.717) is 34.5 Å². The Hall–Kier alpha value is -2.39. The first-order chi connectivity index (χ1) is 14.1. The summed E-state index contributed by atoms with van der Waals surface area (Å²) in [6, 6.07) is 3.48. The van der Waals surface area contributed by atoms with Gasteiger partial charge in [0, 0.05) is 23.0 Å². The molecular formula is C20H28N3O5S+. The Morgan fingerprint density at radius 2 is 1.86 bits per heavy atom. The van der Waals surface area contributed by atoms with Crippen molar-refractivity contribution >= 4 is 40.2 Å². The van der Waals surface area contributed by atoms with Crippen LogP contribution in [0.4, 0.5) is 5.69 Å². The van der Waals surface area contributed by atoms with Crippen molar-refractivity contribution in [3.8, 4) is 11.5 Å². The van der Waals surface area contributed by atoms with E-state index in [0.717, 1.165) is 31.1 Å². The number of hydrogen-bond donors (Lipinski definition) is 3. The standard InChI is InChI=1S/C20H27N3O5S/c1-4-28-20(25)19-18(22-17(24)5-6-23-7-9-29-10-8-23)13-11-15(26-2)16(27-3)12-14(13)21-19/h11-12,21H,4-10H2,1-3H3,(H,22,24)/p+1. The lowest BCUT2D eigenvalue weighted by atomic mass is 10.2.